The highest BCUT2D eigenvalue weighted by atomic mass is 28.4. The summed E-state index contributed by atoms with van der Waals surface area (Å²) < 4.78 is 12.2. The van der Waals surface area contributed by atoms with E-state index in [4.69, 9.17) is 9.16 Å². The Morgan fingerprint density at radius 1 is 1.17 bits per heavy atom. The molecule has 0 spiro atoms. The zero-order chi connectivity index (χ0) is 17.5. The maximum absolute atomic E-state index is 11.2. The van der Waals surface area contributed by atoms with Gasteiger partial charge < -0.3 is 14.0 Å². The molecule has 1 aromatic carbocycles. The molecule has 0 unspecified atom stereocenters. The lowest BCUT2D eigenvalue weighted by Crippen LogP contribution is -2.46. The Balaban J connectivity index is 2.53. The molecule has 130 valence electrons. The van der Waals surface area contributed by atoms with Crippen LogP contribution in [0.25, 0.3) is 0 Å². The van der Waals surface area contributed by atoms with Crippen LogP contribution in [0.3, 0.4) is 0 Å². The third-order valence-electron chi connectivity index (χ3n) is 4.71. The molecule has 0 N–H and O–H groups in total. The molecular formula is C19H32O3Si. The third-order valence-corrected chi connectivity index (χ3v) is 9.22. The molecule has 2 atom stereocenters. The maximum Gasteiger partial charge on any atom is 0.192 e. The summed E-state index contributed by atoms with van der Waals surface area (Å²) in [4.78, 5) is 11.2. The lowest BCUT2D eigenvalue weighted by atomic mass is 10.0. The first-order valence-corrected chi connectivity index (χ1v) is 11.3. The Bertz CT molecular complexity index is 465. The predicted octanol–water partition coefficient (Wildman–Crippen LogP) is 4.82. The number of rotatable bonds is 9. The van der Waals surface area contributed by atoms with E-state index in [1.54, 1.807) is 0 Å². The summed E-state index contributed by atoms with van der Waals surface area (Å²) in [5.74, 6) is -0.107. The Morgan fingerprint density at radius 3 is 2.30 bits per heavy atom. The summed E-state index contributed by atoms with van der Waals surface area (Å²) in [5.41, 5.74) is 1.16. The summed E-state index contributed by atoms with van der Waals surface area (Å²) >= 11 is 0. The van der Waals surface area contributed by atoms with Crippen molar-refractivity contribution in [3.8, 4) is 0 Å². The minimum Gasteiger partial charge on any atom is -0.413 e. The van der Waals surface area contributed by atoms with E-state index in [1.807, 2.05) is 25.1 Å². The van der Waals surface area contributed by atoms with Crippen LogP contribution >= 0.6 is 0 Å². The summed E-state index contributed by atoms with van der Waals surface area (Å²) in [6.07, 6.45) is 1.68. The molecule has 1 rings (SSSR count). The molecular weight excluding hydrogens is 304 g/mol. The average Bonchev–Trinajstić information content (AvgIpc) is 2.49. The molecule has 0 aliphatic rings. The molecule has 23 heavy (non-hydrogen) atoms. The second kappa shape index (κ2) is 8.76. The van der Waals surface area contributed by atoms with Gasteiger partial charge in [0, 0.05) is 12.5 Å². The van der Waals surface area contributed by atoms with Crippen LogP contribution in [-0.2, 0) is 20.6 Å². The summed E-state index contributed by atoms with van der Waals surface area (Å²) in [6.45, 7) is 14.2. The van der Waals surface area contributed by atoms with E-state index in [-0.39, 0.29) is 17.1 Å². The predicted molar refractivity (Wildman–Crippen MR) is 98.0 cm³/mol. The van der Waals surface area contributed by atoms with Gasteiger partial charge in [-0.05, 0) is 30.1 Å². The van der Waals surface area contributed by atoms with Crippen LogP contribution in [0.4, 0.5) is 0 Å². The van der Waals surface area contributed by atoms with E-state index in [9.17, 15) is 4.79 Å². The number of hydrogen-bond donors (Lipinski definition) is 0. The van der Waals surface area contributed by atoms with Gasteiger partial charge >= 0.3 is 0 Å². The molecule has 0 amide bonds. The standard InChI is InChI=1S/C19H32O3Si/c1-16(14-20)18(22-23(5,6)19(2,3)4)12-13-21-15-17-10-8-7-9-11-17/h7-11,14,16,18H,12-13,15H2,1-6H3/t16-,18-/m0/s1. The highest BCUT2D eigenvalue weighted by molar-refractivity contribution is 6.74. The van der Waals surface area contributed by atoms with E-state index >= 15 is 0 Å². The second-order valence-electron chi connectivity index (χ2n) is 7.74. The normalized spacial score (nSPS) is 15.2. The number of carbonyl (C=O) groups is 1. The average molecular weight is 337 g/mol. The third kappa shape index (κ3) is 6.57. The summed E-state index contributed by atoms with van der Waals surface area (Å²) in [7, 11) is -1.89. The zero-order valence-electron chi connectivity index (χ0n) is 15.5. The molecule has 0 aliphatic heterocycles. The first-order chi connectivity index (χ1) is 10.7. The topological polar surface area (TPSA) is 35.5 Å². The van der Waals surface area contributed by atoms with Crippen molar-refractivity contribution in [3.63, 3.8) is 0 Å². The van der Waals surface area contributed by atoms with Crippen LogP contribution in [0.15, 0.2) is 30.3 Å². The van der Waals surface area contributed by atoms with Crippen LogP contribution in [0.2, 0.25) is 18.1 Å². The van der Waals surface area contributed by atoms with E-state index in [0.29, 0.717) is 13.2 Å². The number of carbonyl (C=O) groups excluding carboxylic acids is 1. The zero-order valence-corrected chi connectivity index (χ0v) is 16.5. The lowest BCUT2D eigenvalue weighted by molar-refractivity contribution is -0.113. The fraction of sp³-hybridized carbons (Fsp3) is 0.632. The van der Waals surface area contributed by atoms with Crippen molar-refractivity contribution in [2.75, 3.05) is 6.61 Å². The minimum atomic E-state index is -1.89. The van der Waals surface area contributed by atoms with Crippen LogP contribution in [0.1, 0.15) is 39.7 Å². The molecule has 0 aromatic heterocycles. The van der Waals surface area contributed by atoms with Crippen molar-refractivity contribution in [2.24, 2.45) is 5.92 Å². The van der Waals surface area contributed by atoms with E-state index < -0.39 is 8.32 Å². The number of hydrogen-bond acceptors (Lipinski definition) is 3. The molecule has 0 saturated heterocycles. The monoisotopic (exact) mass is 336 g/mol. The molecule has 3 nitrogen and oxygen atoms in total. The Morgan fingerprint density at radius 2 is 1.78 bits per heavy atom. The quantitative estimate of drug-likeness (QED) is 0.368. The largest absolute Gasteiger partial charge is 0.413 e. The first kappa shape index (κ1) is 20.1. The van der Waals surface area contributed by atoms with Gasteiger partial charge in [0.25, 0.3) is 0 Å². The van der Waals surface area contributed by atoms with Crippen LogP contribution in [0.5, 0.6) is 0 Å². The van der Waals surface area contributed by atoms with E-state index in [2.05, 4.69) is 46.0 Å². The van der Waals surface area contributed by atoms with Gasteiger partial charge in [0.1, 0.15) is 6.29 Å². The summed E-state index contributed by atoms with van der Waals surface area (Å²) in [5, 5.41) is 0.138. The van der Waals surface area contributed by atoms with Crippen molar-refractivity contribution in [3.05, 3.63) is 35.9 Å². The highest BCUT2D eigenvalue weighted by Gasteiger charge is 2.40. The number of benzene rings is 1. The van der Waals surface area contributed by atoms with Crippen molar-refractivity contribution in [1.29, 1.82) is 0 Å². The minimum absolute atomic E-state index is 0.0656. The highest BCUT2D eigenvalue weighted by Crippen LogP contribution is 2.38. The van der Waals surface area contributed by atoms with E-state index in [1.165, 1.54) is 0 Å². The lowest BCUT2D eigenvalue weighted by Gasteiger charge is -2.40. The van der Waals surface area contributed by atoms with Gasteiger partial charge in [0.15, 0.2) is 8.32 Å². The molecule has 0 fully saturated rings. The number of ether oxygens (including phenoxy) is 1. The van der Waals surface area contributed by atoms with Gasteiger partial charge in [0.2, 0.25) is 0 Å². The molecule has 0 aliphatic carbocycles. The SMILES string of the molecule is C[C@@H](C=O)[C@H](CCOCc1ccccc1)O[Si](C)(C)C(C)(C)C. The molecule has 0 bridgehead atoms. The fourth-order valence-corrected chi connectivity index (χ4v) is 3.48. The van der Waals surface area contributed by atoms with Crippen LogP contribution < -0.4 is 0 Å². The van der Waals surface area contributed by atoms with Gasteiger partial charge in [-0.2, -0.15) is 0 Å². The second-order valence-corrected chi connectivity index (χ2v) is 12.5. The van der Waals surface area contributed by atoms with Gasteiger partial charge in [-0.1, -0.05) is 58.0 Å². The van der Waals surface area contributed by atoms with Crippen LogP contribution in [-0.4, -0.2) is 27.3 Å². The smallest absolute Gasteiger partial charge is 0.192 e. The van der Waals surface area contributed by atoms with Crippen molar-refractivity contribution < 1.29 is 14.0 Å². The van der Waals surface area contributed by atoms with Crippen molar-refractivity contribution >= 4 is 14.6 Å². The number of aldehydes is 1. The molecule has 0 heterocycles. The van der Waals surface area contributed by atoms with Gasteiger partial charge in [0.05, 0.1) is 12.7 Å². The molecule has 1 aromatic rings. The van der Waals surface area contributed by atoms with Crippen LogP contribution in [0, 0.1) is 5.92 Å². The summed E-state index contributed by atoms with van der Waals surface area (Å²) in [6, 6.07) is 10.1. The van der Waals surface area contributed by atoms with Gasteiger partial charge in [-0.25, -0.2) is 0 Å². The Labute approximate surface area is 142 Å². The van der Waals surface area contributed by atoms with Gasteiger partial charge in [-0.3, -0.25) is 0 Å². The first-order valence-electron chi connectivity index (χ1n) is 8.42. The van der Waals surface area contributed by atoms with E-state index in [0.717, 1.165) is 18.3 Å². The molecule has 4 heteroatoms. The van der Waals surface area contributed by atoms with Crippen molar-refractivity contribution in [1.82, 2.24) is 0 Å². The maximum atomic E-state index is 11.2. The van der Waals surface area contributed by atoms with Crippen molar-refractivity contribution in [2.45, 2.75) is 65.0 Å². The molecule has 0 saturated carbocycles. The molecule has 0 radical (unpaired) electrons. The Kier molecular flexibility index (Phi) is 7.65. The Hall–Kier alpha value is -0.973. The van der Waals surface area contributed by atoms with Gasteiger partial charge in [-0.15, -0.1) is 0 Å². The fourth-order valence-electron chi connectivity index (χ4n) is 2.04.